The Kier molecular flexibility index (Phi) is 3.14. The molecule has 0 atom stereocenters. The molecule has 1 aromatic carbocycles. The van der Waals surface area contributed by atoms with E-state index in [-0.39, 0.29) is 0 Å². The number of fused-ring (bicyclic) bond motifs is 1. The van der Waals surface area contributed by atoms with Crippen LogP contribution in [-0.2, 0) is 7.05 Å². The molecule has 0 spiro atoms. The van der Waals surface area contributed by atoms with Crippen molar-refractivity contribution in [1.29, 1.82) is 0 Å². The lowest BCUT2D eigenvalue weighted by molar-refractivity contribution is 0.616. The van der Waals surface area contributed by atoms with Gasteiger partial charge in [-0.1, -0.05) is 24.3 Å². The number of nitrogens with one attached hydrogen (secondary N) is 1. The van der Waals surface area contributed by atoms with Crippen LogP contribution in [0.3, 0.4) is 0 Å². The normalized spacial score (nSPS) is 11.3. The lowest BCUT2D eigenvalue weighted by atomic mass is 10.0. The summed E-state index contributed by atoms with van der Waals surface area (Å²) in [4.78, 5) is 4.78. The molecule has 0 saturated carbocycles. The summed E-state index contributed by atoms with van der Waals surface area (Å²) in [6, 6.07) is 11.8. The predicted octanol–water partition coefficient (Wildman–Crippen LogP) is 3.08. The van der Waals surface area contributed by atoms with E-state index in [9.17, 15) is 0 Å². The van der Waals surface area contributed by atoms with Crippen molar-refractivity contribution in [2.45, 2.75) is 0 Å². The third-order valence-corrected chi connectivity index (χ3v) is 4.22. The second-order valence-corrected chi connectivity index (χ2v) is 5.91. The number of tetrazole rings is 1. The second-order valence-electron chi connectivity index (χ2n) is 5.91. The molecule has 0 fully saturated rings. The molecular formula is C18H13N7O. The van der Waals surface area contributed by atoms with Gasteiger partial charge in [-0.25, -0.2) is 4.98 Å². The van der Waals surface area contributed by atoms with Gasteiger partial charge >= 0.3 is 0 Å². The van der Waals surface area contributed by atoms with E-state index < -0.39 is 0 Å². The number of aromatic amines is 1. The first-order valence-electron chi connectivity index (χ1n) is 7.99. The number of rotatable bonds is 3. The zero-order valence-electron chi connectivity index (χ0n) is 13.8. The number of nitrogens with zero attached hydrogens (tertiary/aromatic N) is 6. The van der Waals surface area contributed by atoms with Gasteiger partial charge in [-0.15, -0.1) is 10.2 Å². The average Bonchev–Trinajstić information content (AvgIpc) is 3.42. The van der Waals surface area contributed by atoms with Crippen LogP contribution in [0.25, 0.3) is 44.9 Å². The van der Waals surface area contributed by atoms with E-state index in [1.807, 2.05) is 49.6 Å². The van der Waals surface area contributed by atoms with Crippen LogP contribution < -0.4 is 0 Å². The van der Waals surface area contributed by atoms with Gasteiger partial charge in [0.05, 0.1) is 11.9 Å². The van der Waals surface area contributed by atoms with E-state index in [4.69, 9.17) is 9.40 Å². The highest BCUT2D eigenvalue weighted by molar-refractivity contribution is 5.92. The van der Waals surface area contributed by atoms with Crippen molar-refractivity contribution in [3.05, 3.63) is 55.1 Å². The van der Waals surface area contributed by atoms with Crippen LogP contribution >= 0.6 is 0 Å². The Bertz CT molecular complexity index is 1190. The molecule has 0 radical (unpaired) electrons. The molecule has 8 nitrogen and oxygen atoms in total. The fourth-order valence-electron chi connectivity index (χ4n) is 2.91. The van der Waals surface area contributed by atoms with Crippen molar-refractivity contribution in [3.63, 3.8) is 0 Å². The van der Waals surface area contributed by atoms with E-state index in [0.29, 0.717) is 5.82 Å². The molecule has 0 aliphatic rings. The number of furan rings is 1. The first-order chi connectivity index (χ1) is 12.8. The fourth-order valence-corrected chi connectivity index (χ4v) is 2.91. The van der Waals surface area contributed by atoms with Gasteiger partial charge in [0.15, 0.2) is 5.58 Å². The topological polar surface area (TPSA) is 98.3 Å². The van der Waals surface area contributed by atoms with Crippen molar-refractivity contribution < 1.29 is 4.42 Å². The third-order valence-electron chi connectivity index (χ3n) is 4.22. The molecule has 0 unspecified atom stereocenters. The maximum absolute atomic E-state index is 5.68. The lowest BCUT2D eigenvalue weighted by Gasteiger charge is -2.01. The summed E-state index contributed by atoms with van der Waals surface area (Å²) < 4.78 is 7.44. The molecule has 26 heavy (non-hydrogen) atoms. The first kappa shape index (κ1) is 14.5. The van der Waals surface area contributed by atoms with Gasteiger partial charge in [-0.05, 0) is 22.9 Å². The summed E-state index contributed by atoms with van der Waals surface area (Å²) in [6.45, 7) is 0. The smallest absolute Gasteiger partial charge is 0.204 e. The molecule has 0 aliphatic carbocycles. The summed E-state index contributed by atoms with van der Waals surface area (Å²) >= 11 is 0. The number of hydrogen-bond donors (Lipinski definition) is 1. The van der Waals surface area contributed by atoms with Crippen LogP contribution in [0.4, 0.5) is 0 Å². The number of benzene rings is 1. The average molecular weight is 343 g/mol. The molecule has 4 aromatic heterocycles. The zero-order valence-corrected chi connectivity index (χ0v) is 13.8. The molecule has 4 heterocycles. The highest BCUT2D eigenvalue weighted by Crippen LogP contribution is 2.32. The van der Waals surface area contributed by atoms with Crippen LogP contribution in [0.5, 0.6) is 0 Å². The van der Waals surface area contributed by atoms with Crippen LogP contribution in [0.2, 0.25) is 0 Å². The zero-order chi connectivity index (χ0) is 17.5. The van der Waals surface area contributed by atoms with Crippen LogP contribution in [-0.4, -0.2) is 35.4 Å². The molecule has 0 saturated heterocycles. The van der Waals surface area contributed by atoms with Crippen LogP contribution in [0.15, 0.2) is 59.5 Å². The van der Waals surface area contributed by atoms with Gasteiger partial charge in [0.2, 0.25) is 5.82 Å². The molecule has 126 valence electrons. The minimum Gasteiger partial charge on any atom is -0.462 e. The molecular weight excluding hydrogens is 330 g/mol. The Hall–Kier alpha value is -3.81. The lowest BCUT2D eigenvalue weighted by Crippen LogP contribution is -1.86. The summed E-state index contributed by atoms with van der Waals surface area (Å²) in [7, 11) is 1.89. The summed E-state index contributed by atoms with van der Waals surface area (Å²) in [5, 5.41) is 18.2. The number of aryl methyl sites for hydroxylation is 1. The van der Waals surface area contributed by atoms with Crippen molar-refractivity contribution in [1.82, 2.24) is 35.4 Å². The number of pyridine rings is 1. The minimum absolute atomic E-state index is 0.561. The van der Waals surface area contributed by atoms with Gasteiger partial charge in [0, 0.05) is 29.9 Å². The monoisotopic (exact) mass is 343 g/mol. The van der Waals surface area contributed by atoms with Crippen LogP contribution in [0, 0.1) is 0 Å². The molecule has 0 bridgehead atoms. The van der Waals surface area contributed by atoms with E-state index >= 15 is 0 Å². The van der Waals surface area contributed by atoms with Crippen molar-refractivity contribution >= 4 is 11.1 Å². The van der Waals surface area contributed by atoms with Gasteiger partial charge in [0.1, 0.15) is 11.8 Å². The van der Waals surface area contributed by atoms with E-state index in [2.05, 4.69) is 25.7 Å². The largest absolute Gasteiger partial charge is 0.462 e. The van der Waals surface area contributed by atoms with Crippen molar-refractivity contribution in [2.75, 3.05) is 0 Å². The predicted molar refractivity (Wildman–Crippen MR) is 94.8 cm³/mol. The maximum Gasteiger partial charge on any atom is 0.204 e. The first-order valence-corrected chi connectivity index (χ1v) is 7.99. The third kappa shape index (κ3) is 2.35. The maximum atomic E-state index is 5.68. The molecule has 8 heteroatoms. The highest BCUT2D eigenvalue weighted by atomic mass is 16.3. The fraction of sp³-hybridized carbons (Fsp3) is 0.0556. The highest BCUT2D eigenvalue weighted by Gasteiger charge is 2.13. The standard InChI is InChI=1S/C18H13N7O/c1-25-9-13(8-19-25)15-6-7-16-17(20-15)14(10-26-16)11-2-4-12(5-3-11)18-21-23-24-22-18/h2-10H,1H3,(H,21,22,23,24). The SMILES string of the molecule is Cn1cc(-c2ccc3occ(-c4ccc(-c5nn[nH]n5)cc4)c3n2)cn1. The number of aromatic nitrogens is 7. The second kappa shape index (κ2) is 5.62. The van der Waals surface area contributed by atoms with Crippen molar-refractivity contribution in [3.8, 4) is 33.8 Å². The van der Waals surface area contributed by atoms with Gasteiger partial charge in [-0.3, -0.25) is 4.68 Å². The van der Waals surface area contributed by atoms with Crippen LogP contribution in [0.1, 0.15) is 0 Å². The molecule has 5 rings (SSSR count). The van der Waals surface area contributed by atoms with E-state index in [1.54, 1.807) is 17.1 Å². The van der Waals surface area contributed by atoms with E-state index in [0.717, 1.165) is 39.0 Å². The molecule has 5 aromatic rings. The Morgan fingerprint density at radius 2 is 1.85 bits per heavy atom. The minimum atomic E-state index is 0.561. The van der Waals surface area contributed by atoms with Gasteiger partial charge < -0.3 is 4.42 Å². The molecule has 0 aliphatic heterocycles. The van der Waals surface area contributed by atoms with E-state index in [1.165, 1.54) is 0 Å². The quantitative estimate of drug-likeness (QED) is 0.540. The number of H-pyrrole nitrogens is 1. The Labute approximate surface area is 147 Å². The Morgan fingerprint density at radius 3 is 2.58 bits per heavy atom. The van der Waals surface area contributed by atoms with Gasteiger partial charge in [0.25, 0.3) is 0 Å². The summed E-state index contributed by atoms with van der Waals surface area (Å²) in [5.41, 5.74) is 6.22. The summed E-state index contributed by atoms with van der Waals surface area (Å²) in [5.74, 6) is 0.561. The Morgan fingerprint density at radius 1 is 1.00 bits per heavy atom. The van der Waals surface area contributed by atoms with Crippen molar-refractivity contribution in [2.24, 2.45) is 7.05 Å². The molecule has 1 N–H and O–H groups in total. The summed E-state index contributed by atoms with van der Waals surface area (Å²) in [6.07, 6.45) is 5.47. The Balaban J connectivity index is 1.58. The van der Waals surface area contributed by atoms with Gasteiger partial charge in [-0.2, -0.15) is 10.3 Å². The molecule has 0 amide bonds. The number of hydrogen-bond acceptors (Lipinski definition) is 6.